The number of carbonyl (C=O) groups is 1. The highest BCUT2D eigenvalue weighted by atomic mass is 35.5. The Morgan fingerprint density at radius 3 is 2.69 bits per heavy atom. The Morgan fingerprint density at radius 2 is 1.96 bits per heavy atom. The second-order valence-electron chi connectivity index (χ2n) is 6.11. The van der Waals surface area contributed by atoms with Crippen molar-refractivity contribution in [3.05, 3.63) is 64.8 Å². The fourth-order valence-corrected chi connectivity index (χ4v) is 3.55. The summed E-state index contributed by atoms with van der Waals surface area (Å²) < 4.78 is 0. The molecule has 26 heavy (non-hydrogen) atoms. The highest BCUT2D eigenvalue weighted by Gasteiger charge is 2.22. The first-order valence-corrected chi connectivity index (χ1v) is 9.22. The van der Waals surface area contributed by atoms with Crippen LogP contribution < -0.4 is 5.32 Å². The number of hydrogen-bond donors (Lipinski definition) is 2. The zero-order valence-electron chi connectivity index (χ0n) is 15.0. The van der Waals surface area contributed by atoms with E-state index < -0.39 is 0 Å². The lowest BCUT2D eigenvalue weighted by atomic mass is 10.0. The molecule has 0 unspecified atom stereocenters. The number of halogens is 1. The van der Waals surface area contributed by atoms with Gasteiger partial charge in [0.2, 0.25) is 0 Å². The van der Waals surface area contributed by atoms with Crippen LogP contribution >= 0.6 is 11.6 Å². The lowest BCUT2D eigenvalue weighted by molar-refractivity contribution is 0.0936. The average molecular weight is 371 g/mol. The minimum Gasteiger partial charge on any atom is -0.350 e. The largest absolute Gasteiger partial charge is 0.350 e. The van der Waals surface area contributed by atoms with E-state index in [1.807, 2.05) is 36.4 Å². The molecule has 1 amide bonds. The van der Waals surface area contributed by atoms with Crippen molar-refractivity contribution in [2.75, 3.05) is 19.6 Å². The summed E-state index contributed by atoms with van der Waals surface area (Å²) in [5.74, 6) is -0.121. The van der Waals surface area contributed by atoms with E-state index in [1.165, 1.54) is 0 Å². The molecule has 3 aromatic rings. The molecular formula is C20H23ClN4O. The van der Waals surface area contributed by atoms with Crippen LogP contribution in [0.5, 0.6) is 0 Å². The SMILES string of the molecule is CCN(CC)[C@H](CNC(=O)c1cccc2cn[nH]c12)c1ccccc1Cl. The lowest BCUT2D eigenvalue weighted by Crippen LogP contribution is -2.38. The average Bonchev–Trinajstić information content (AvgIpc) is 3.14. The van der Waals surface area contributed by atoms with Crippen molar-refractivity contribution in [2.24, 2.45) is 0 Å². The fourth-order valence-electron chi connectivity index (χ4n) is 3.29. The fraction of sp³-hybridized carbons (Fsp3) is 0.300. The van der Waals surface area contributed by atoms with Crippen molar-refractivity contribution in [3.63, 3.8) is 0 Å². The summed E-state index contributed by atoms with van der Waals surface area (Å²) in [6.07, 6.45) is 1.72. The van der Waals surface area contributed by atoms with Crippen molar-refractivity contribution in [3.8, 4) is 0 Å². The van der Waals surface area contributed by atoms with Gasteiger partial charge in [0.15, 0.2) is 0 Å². The summed E-state index contributed by atoms with van der Waals surface area (Å²) in [5.41, 5.74) is 2.37. The first-order valence-electron chi connectivity index (χ1n) is 8.84. The first kappa shape index (κ1) is 18.4. The van der Waals surface area contributed by atoms with E-state index in [0.29, 0.717) is 17.1 Å². The van der Waals surface area contributed by atoms with Gasteiger partial charge in [-0.2, -0.15) is 5.10 Å². The van der Waals surface area contributed by atoms with Crippen LogP contribution in [0.1, 0.15) is 35.8 Å². The number of amides is 1. The molecule has 0 bridgehead atoms. The lowest BCUT2D eigenvalue weighted by Gasteiger charge is -2.31. The maximum absolute atomic E-state index is 12.8. The van der Waals surface area contributed by atoms with Gasteiger partial charge < -0.3 is 5.32 Å². The molecule has 0 fully saturated rings. The van der Waals surface area contributed by atoms with Crippen molar-refractivity contribution >= 4 is 28.4 Å². The summed E-state index contributed by atoms with van der Waals surface area (Å²) in [6.45, 7) is 6.45. The van der Waals surface area contributed by atoms with Gasteiger partial charge in [0, 0.05) is 17.0 Å². The number of hydrogen-bond acceptors (Lipinski definition) is 3. The highest BCUT2D eigenvalue weighted by Crippen LogP contribution is 2.27. The molecule has 0 aliphatic heterocycles. The van der Waals surface area contributed by atoms with E-state index in [1.54, 1.807) is 12.3 Å². The summed E-state index contributed by atoms with van der Waals surface area (Å²) in [5, 5.41) is 11.6. The van der Waals surface area contributed by atoms with Crippen molar-refractivity contribution < 1.29 is 4.79 Å². The Bertz CT molecular complexity index is 888. The summed E-state index contributed by atoms with van der Waals surface area (Å²) in [7, 11) is 0. The molecule has 0 saturated heterocycles. The van der Waals surface area contributed by atoms with Crippen molar-refractivity contribution in [2.45, 2.75) is 19.9 Å². The van der Waals surface area contributed by atoms with Gasteiger partial charge in [-0.1, -0.05) is 55.8 Å². The van der Waals surface area contributed by atoms with Crippen LogP contribution in [-0.4, -0.2) is 40.6 Å². The third-order valence-corrected chi connectivity index (χ3v) is 5.04. The maximum Gasteiger partial charge on any atom is 0.253 e. The number of nitrogens with zero attached hydrogens (tertiary/aromatic N) is 2. The molecule has 0 saturated carbocycles. The molecule has 0 aliphatic carbocycles. The third kappa shape index (κ3) is 3.74. The highest BCUT2D eigenvalue weighted by molar-refractivity contribution is 6.31. The molecule has 1 heterocycles. The quantitative estimate of drug-likeness (QED) is 0.660. The number of carbonyl (C=O) groups excluding carboxylic acids is 1. The normalized spacial score (nSPS) is 12.5. The van der Waals surface area contributed by atoms with E-state index >= 15 is 0 Å². The Balaban J connectivity index is 1.82. The predicted molar refractivity (Wildman–Crippen MR) is 106 cm³/mol. The van der Waals surface area contributed by atoms with Crippen molar-refractivity contribution in [1.82, 2.24) is 20.4 Å². The molecule has 136 valence electrons. The third-order valence-electron chi connectivity index (χ3n) is 4.69. The minimum atomic E-state index is -0.121. The van der Waals surface area contributed by atoms with Gasteiger partial charge in [-0.05, 0) is 30.8 Å². The number of para-hydroxylation sites is 1. The van der Waals surface area contributed by atoms with E-state index in [0.717, 1.165) is 29.6 Å². The topological polar surface area (TPSA) is 61.0 Å². The Kier molecular flexibility index (Phi) is 5.91. The zero-order chi connectivity index (χ0) is 18.5. The van der Waals surface area contributed by atoms with E-state index in [2.05, 4.69) is 34.3 Å². The molecule has 3 rings (SSSR count). The van der Waals surface area contributed by atoms with Gasteiger partial charge in [-0.15, -0.1) is 0 Å². The summed E-state index contributed by atoms with van der Waals surface area (Å²) >= 11 is 6.42. The maximum atomic E-state index is 12.8. The standard InChI is InChI=1S/C20H23ClN4O/c1-3-25(4-2)18(15-9-5-6-11-17(15)21)13-22-20(26)16-10-7-8-14-12-23-24-19(14)16/h5-12,18H,3-4,13H2,1-2H3,(H,22,26)(H,23,24)/t18-/m1/s1. The summed E-state index contributed by atoms with van der Waals surface area (Å²) in [4.78, 5) is 15.1. The molecule has 0 radical (unpaired) electrons. The first-order chi connectivity index (χ1) is 12.7. The second-order valence-corrected chi connectivity index (χ2v) is 6.52. The number of aromatic amines is 1. The van der Waals surface area contributed by atoms with Crippen LogP contribution in [0.4, 0.5) is 0 Å². The molecule has 6 heteroatoms. The monoisotopic (exact) mass is 370 g/mol. The number of rotatable bonds is 7. The number of nitrogens with one attached hydrogen (secondary N) is 2. The molecule has 0 spiro atoms. The Labute approximate surface area is 158 Å². The number of H-pyrrole nitrogens is 1. The van der Waals surface area contributed by atoms with Gasteiger partial charge in [0.1, 0.15) is 0 Å². The zero-order valence-corrected chi connectivity index (χ0v) is 15.8. The van der Waals surface area contributed by atoms with Gasteiger partial charge in [0.25, 0.3) is 5.91 Å². The van der Waals surface area contributed by atoms with Crippen LogP contribution in [0.2, 0.25) is 5.02 Å². The predicted octanol–water partition coefficient (Wildman–Crippen LogP) is 4.03. The van der Waals surface area contributed by atoms with Crippen LogP contribution in [-0.2, 0) is 0 Å². The van der Waals surface area contributed by atoms with Gasteiger partial charge in [-0.3, -0.25) is 14.8 Å². The molecule has 2 aromatic carbocycles. The second kappa shape index (κ2) is 8.34. The number of benzene rings is 2. The van der Waals surface area contributed by atoms with Crippen LogP contribution in [0, 0.1) is 0 Å². The van der Waals surface area contributed by atoms with E-state index in [9.17, 15) is 4.79 Å². The Morgan fingerprint density at radius 1 is 1.19 bits per heavy atom. The molecule has 2 N–H and O–H groups in total. The van der Waals surface area contributed by atoms with Crippen LogP contribution in [0.3, 0.4) is 0 Å². The smallest absolute Gasteiger partial charge is 0.253 e. The van der Waals surface area contributed by atoms with E-state index in [-0.39, 0.29) is 11.9 Å². The van der Waals surface area contributed by atoms with Crippen molar-refractivity contribution in [1.29, 1.82) is 0 Å². The molecular weight excluding hydrogens is 348 g/mol. The van der Waals surface area contributed by atoms with Crippen LogP contribution in [0.15, 0.2) is 48.7 Å². The number of likely N-dealkylation sites (N-methyl/N-ethyl adjacent to an activating group) is 1. The molecule has 1 atom stereocenters. The summed E-state index contributed by atoms with van der Waals surface area (Å²) in [6, 6.07) is 13.4. The van der Waals surface area contributed by atoms with Gasteiger partial charge in [0.05, 0.1) is 23.3 Å². The minimum absolute atomic E-state index is 0.0172. The van der Waals surface area contributed by atoms with E-state index in [4.69, 9.17) is 11.6 Å². The molecule has 1 aromatic heterocycles. The Hall–Kier alpha value is -2.37. The number of fused-ring (bicyclic) bond motifs is 1. The van der Waals surface area contributed by atoms with Gasteiger partial charge in [-0.25, -0.2) is 0 Å². The van der Waals surface area contributed by atoms with Crippen LogP contribution in [0.25, 0.3) is 10.9 Å². The molecule has 0 aliphatic rings. The molecule has 5 nitrogen and oxygen atoms in total. The number of aromatic nitrogens is 2. The van der Waals surface area contributed by atoms with Gasteiger partial charge >= 0.3 is 0 Å².